The average molecular weight is 492 g/mol. The zero-order chi connectivity index (χ0) is 25.3. The van der Waals surface area contributed by atoms with Crippen molar-refractivity contribution in [2.24, 2.45) is 5.73 Å². The van der Waals surface area contributed by atoms with E-state index in [1.807, 2.05) is 6.07 Å². The number of morpholine rings is 1. The summed E-state index contributed by atoms with van der Waals surface area (Å²) in [6, 6.07) is 11.4. The molecule has 2 aromatic rings. The normalized spacial score (nSPS) is 17.0. The molecule has 2 fully saturated rings. The van der Waals surface area contributed by atoms with Crippen molar-refractivity contribution in [1.29, 1.82) is 5.41 Å². The third kappa shape index (κ3) is 6.41. The van der Waals surface area contributed by atoms with Gasteiger partial charge in [-0.25, -0.2) is 4.98 Å². The summed E-state index contributed by atoms with van der Waals surface area (Å²) < 4.78 is 5.46. The standard InChI is InChI=1S/C27H37N7O2/c1-32(12-13-33-14-16-36-17-15-33)22-8-9-24(26(18-22)34-10-3-2-4-11-34)31-27(35)25-7-5-6-23(30-25)21(19-28)20-29/h5-9,18-20,28H,2-4,10-17,29H2,1H3,(H,31,35)/b21-20+,28-19?. The smallest absolute Gasteiger partial charge is 0.274 e. The molecule has 1 aromatic carbocycles. The molecule has 2 aliphatic rings. The predicted molar refractivity (Wildman–Crippen MR) is 146 cm³/mol. The van der Waals surface area contributed by atoms with Gasteiger partial charge in [-0.15, -0.1) is 0 Å². The van der Waals surface area contributed by atoms with Crippen LogP contribution in [0, 0.1) is 5.41 Å². The summed E-state index contributed by atoms with van der Waals surface area (Å²) in [4.78, 5) is 24.7. The van der Waals surface area contributed by atoms with Crippen molar-refractivity contribution < 1.29 is 9.53 Å². The summed E-state index contributed by atoms with van der Waals surface area (Å²) in [5.41, 5.74) is 9.78. The van der Waals surface area contributed by atoms with Crippen LogP contribution in [-0.4, -0.2) is 81.5 Å². The van der Waals surface area contributed by atoms with Gasteiger partial charge in [0.2, 0.25) is 0 Å². The summed E-state index contributed by atoms with van der Waals surface area (Å²) in [5, 5.41) is 10.6. The Morgan fingerprint density at radius 2 is 1.89 bits per heavy atom. The molecule has 192 valence electrons. The maximum Gasteiger partial charge on any atom is 0.274 e. The molecule has 9 nitrogen and oxygen atoms in total. The summed E-state index contributed by atoms with van der Waals surface area (Å²) in [6.07, 6.45) is 5.97. The third-order valence-corrected chi connectivity index (χ3v) is 6.83. The zero-order valence-corrected chi connectivity index (χ0v) is 21.1. The molecule has 0 aliphatic carbocycles. The number of carbonyl (C=O) groups excluding carboxylic acids is 1. The number of hydrogen-bond acceptors (Lipinski definition) is 8. The van der Waals surface area contributed by atoms with Crippen LogP contribution in [0.15, 0.2) is 42.6 Å². The molecule has 2 aliphatic heterocycles. The van der Waals surface area contributed by atoms with E-state index in [1.54, 1.807) is 18.2 Å². The molecule has 36 heavy (non-hydrogen) atoms. The fraction of sp³-hybridized carbons (Fsp3) is 0.444. The van der Waals surface area contributed by atoms with Gasteiger partial charge in [-0.1, -0.05) is 6.07 Å². The van der Waals surface area contributed by atoms with Gasteiger partial charge < -0.3 is 31.0 Å². The highest BCUT2D eigenvalue weighted by Gasteiger charge is 2.19. The number of nitrogens with two attached hydrogens (primary N) is 1. The summed E-state index contributed by atoms with van der Waals surface area (Å²) in [7, 11) is 2.12. The summed E-state index contributed by atoms with van der Waals surface area (Å²) >= 11 is 0. The minimum Gasteiger partial charge on any atom is -0.404 e. The lowest BCUT2D eigenvalue weighted by atomic mass is 10.1. The van der Waals surface area contributed by atoms with Crippen LogP contribution in [0.25, 0.3) is 5.57 Å². The van der Waals surface area contributed by atoms with Crippen molar-refractivity contribution in [2.45, 2.75) is 19.3 Å². The first kappa shape index (κ1) is 25.7. The minimum absolute atomic E-state index is 0.282. The Labute approximate surface area is 213 Å². The molecular formula is C27H37N7O2. The number of ether oxygens (including phenoxy) is 1. The molecule has 0 bridgehead atoms. The van der Waals surface area contributed by atoms with Crippen molar-refractivity contribution in [3.05, 3.63) is 54.0 Å². The first-order valence-electron chi connectivity index (χ1n) is 12.7. The molecule has 1 amide bonds. The topological polar surface area (TPSA) is 111 Å². The van der Waals surface area contributed by atoms with E-state index >= 15 is 0 Å². The number of carbonyl (C=O) groups is 1. The number of amides is 1. The van der Waals surface area contributed by atoms with Gasteiger partial charge in [0.05, 0.1) is 30.3 Å². The van der Waals surface area contributed by atoms with E-state index in [4.69, 9.17) is 15.9 Å². The van der Waals surface area contributed by atoms with Gasteiger partial charge in [-0.05, 0) is 49.6 Å². The van der Waals surface area contributed by atoms with Gasteiger partial charge >= 0.3 is 0 Å². The molecule has 1 aromatic heterocycles. The Morgan fingerprint density at radius 3 is 2.61 bits per heavy atom. The molecule has 0 radical (unpaired) electrons. The average Bonchev–Trinajstić information content (AvgIpc) is 2.94. The van der Waals surface area contributed by atoms with Crippen LogP contribution in [0.2, 0.25) is 0 Å². The molecule has 0 unspecified atom stereocenters. The summed E-state index contributed by atoms with van der Waals surface area (Å²) in [6.45, 7) is 7.44. The van der Waals surface area contributed by atoms with Crippen LogP contribution in [0.4, 0.5) is 17.1 Å². The van der Waals surface area contributed by atoms with Crippen molar-refractivity contribution in [3.8, 4) is 0 Å². The largest absolute Gasteiger partial charge is 0.404 e. The molecule has 0 spiro atoms. The number of rotatable bonds is 9. The van der Waals surface area contributed by atoms with Crippen LogP contribution in [0.5, 0.6) is 0 Å². The number of hydrogen-bond donors (Lipinski definition) is 3. The quantitative estimate of drug-likeness (QED) is 0.463. The van der Waals surface area contributed by atoms with E-state index in [0.717, 1.165) is 88.6 Å². The second-order valence-electron chi connectivity index (χ2n) is 9.25. The number of pyridine rings is 1. The van der Waals surface area contributed by atoms with Crippen LogP contribution in [0.1, 0.15) is 35.4 Å². The Hall–Kier alpha value is -3.43. The van der Waals surface area contributed by atoms with Gasteiger partial charge in [0.25, 0.3) is 5.91 Å². The van der Waals surface area contributed by atoms with Crippen molar-refractivity contribution in [1.82, 2.24) is 9.88 Å². The maximum absolute atomic E-state index is 13.2. The molecule has 9 heteroatoms. The van der Waals surface area contributed by atoms with E-state index in [9.17, 15) is 4.79 Å². The van der Waals surface area contributed by atoms with Crippen molar-refractivity contribution in [3.63, 3.8) is 0 Å². The first-order chi connectivity index (χ1) is 17.6. The molecule has 2 saturated heterocycles. The molecule has 0 atom stereocenters. The monoisotopic (exact) mass is 491 g/mol. The molecule has 0 saturated carbocycles. The SMILES string of the molecule is CN(CCN1CCOCC1)c1ccc(NC(=O)c2cccc(/C(C=N)=C/N)n2)c(N2CCCCC2)c1. The summed E-state index contributed by atoms with van der Waals surface area (Å²) in [5.74, 6) is -0.287. The van der Waals surface area contributed by atoms with Crippen LogP contribution < -0.4 is 20.9 Å². The number of nitrogens with one attached hydrogen (secondary N) is 2. The lowest BCUT2D eigenvalue weighted by Crippen LogP contribution is -2.40. The van der Waals surface area contributed by atoms with E-state index in [1.165, 1.54) is 12.6 Å². The Balaban J connectivity index is 1.53. The number of anilines is 3. The fourth-order valence-electron chi connectivity index (χ4n) is 4.62. The second kappa shape index (κ2) is 12.5. The van der Waals surface area contributed by atoms with Gasteiger partial charge in [0.1, 0.15) is 5.69 Å². The third-order valence-electron chi connectivity index (χ3n) is 6.83. The van der Waals surface area contributed by atoms with Crippen LogP contribution in [-0.2, 0) is 4.74 Å². The number of aromatic nitrogens is 1. The van der Waals surface area contributed by atoms with Crippen LogP contribution in [0.3, 0.4) is 0 Å². The highest BCUT2D eigenvalue weighted by Crippen LogP contribution is 2.33. The highest BCUT2D eigenvalue weighted by atomic mass is 16.5. The van der Waals surface area contributed by atoms with Crippen LogP contribution >= 0.6 is 0 Å². The Bertz CT molecular complexity index is 1080. The molecular weight excluding hydrogens is 454 g/mol. The lowest BCUT2D eigenvalue weighted by molar-refractivity contribution is 0.0393. The zero-order valence-electron chi connectivity index (χ0n) is 21.1. The Morgan fingerprint density at radius 1 is 1.14 bits per heavy atom. The number of piperidine rings is 1. The number of likely N-dealkylation sites (N-methyl/N-ethyl adjacent to an activating group) is 1. The van der Waals surface area contributed by atoms with E-state index < -0.39 is 0 Å². The second-order valence-corrected chi connectivity index (χ2v) is 9.25. The minimum atomic E-state index is -0.287. The van der Waals surface area contributed by atoms with E-state index in [0.29, 0.717) is 11.3 Å². The van der Waals surface area contributed by atoms with Crippen molar-refractivity contribution >= 4 is 34.8 Å². The van der Waals surface area contributed by atoms with Crippen molar-refractivity contribution in [2.75, 3.05) is 74.6 Å². The number of allylic oxidation sites excluding steroid dienone is 1. The predicted octanol–water partition coefficient (Wildman–Crippen LogP) is 3.04. The van der Waals surface area contributed by atoms with E-state index in [2.05, 4.69) is 44.2 Å². The number of benzene rings is 1. The molecule has 4 rings (SSSR count). The van der Waals surface area contributed by atoms with Gasteiger partial charge in [-0.2, -0.15) is 0 Å². The van der Waals surface area contributed by atoms with E-state index in [-0.39, 0.29) is 11.6 Å². The first-order valence-corrected chi connectivity index (χ1v) is 12.7. The van der Waals surface area contributed by atoms with Gasteiger partial charge in [0.15, 0.2) is 0 Å². The molecule has 3 heterocycles. The lowest BCUT2D eigenvalue weighted by Gasteiger charge is -2.33. The van der Waals surface area contributed by atoms with Gasteiger partial charge in [0, 0.05) is 70.0 Å². The fourth-order valence-corrected chi connectivity index (χ4v) is 4.62. The highest BCUT2D eigenvalue weighted by molar-refractivity contribution is 6.08. The molecule has 4 N–H and O–H groups in total. The maximum atomic E-state index is 13.2. The number of nitrogens with zero attached hydrogens (tertiary/aromatic N) is 4. The van der Waals surface area contributed by atoms with Gasteiger partial charge in [-0.3, -0.25) is 9.69 Å². The Kier molecular flexibility index (Phi) is 8.91.